The lowest BCUT2D eigenvalue weighted by Gasteiger charge is -2.19. The van der Waals surface area contributed by atoms with Crippen molar-refractivity contribution in [3.05, 3.63) is 29.8 Å². The fourth-order valence-electron chi connectivity index (χ4n) is 2.83. The summed E-state index contributed by atoms with van der Waals surface area (Å²) in [4.78, 5) is 22.8. The summed E-state index contributed by atoms with van der Waals surface area (Å²) in [6.45, 7) is 3.56. The second-order valence-electron chi connectivity index (χ2n) is 6.85. The number of aliphatic carboxylic acids is 1. The van der Waals surface area contributed by atoms with E-state index in [1.54, 1.807) is 12.1 Å². The van der Waals surface area contributed by atoms with E-state index in [4.69, 9.17) is 19.1 Å². The molecule has 0 saturated carbocycles. The fraction of sp³-hybridized carbons (Fsp3) is 0.600. The minimum atomic E-state index is -4.92. The van der Waals surface area contributed by atoms with Crippen LogP contribution in [0.2, 0.25) is 0 Å². The molecule has 1 aromatic rings. The Morgan fingerprint density at radius 3 is 2.31 bits per heavy atom. The van der Waals surface area contributed by atoms with E-state index in [1.165, 1.54) is 32.6 Å². The summed E-state index contributed by atoms with van der Waals surface area (Å²) in [5.41, 5.74) is 0.933. The largest absolute Gasteiger partial charge is 0.481 e. The van der Waals surface area contributed by atoms with Crippen LogP contribution in [0.1, 0.15) is 64.4 Å². The molecule has 2 atom stereocenters. The van der Waals surface area contributed by atoms with Crippen LogP contribution < -0.4 is 4.74 Å². The third-order valence-corrected chi connectivity index (χ3v) is 5.41. The van der Waals surface area contributed by atoms with Crippen LogP contribution in [0.5, 0.6) is 5.75 Å². The van der Waals surface area contributed by atoms with Crippen LogP contribution in [0.15, 0.2) is 24.3 Å². The topological polar surface area (TPSA) is 127 Å². The lowest BCUT2D eigenvalue weighted by Crippen LogP contribution is -2.36. The van der Waals surface area contributed by atoms with E-state index in [-0.39, 0.29) is 0 Å². The first kappa shape index (κ1) is 24.9. The van der Waals surface area contributed by atoms with Crippen molar-refractivity contribution < 1.29 is 37.1 Å². The van der Waals surface area contributed by atoms with Crippen LogP contribution in [0.25, 0.3) is 0 Å². The minimum absolute atomic E-state index is 0.503. The number of carboxylic acid groups (broad SMARTS) is 1. The molecule has 0 heterocycles. The lowest BCUT2D eigenvalue weighted by atomic mass is 10.0. The number of aryl methyl sites for hydroxylation is 1. The van der Waals surface area contributed by atoms with Gasteiger partial charge >= 0.3 is 11.9 Å². The first-order valence-corrected chi connectivity index (χ1v) is 11.3. The number of hydrogen-bond donors (Lipinski definition) is 2. The number of carbonyl (C=O) groups excluding carboxylic acids is 1. The molecule has 0 aliphatic rings. The smallest absolute Gasteiger partial charge is 0.330 e. The van der Waals surface area contributed by atoms with E-state index in [9.17, 15) is 18.0 Å². The van der Waals surface area contributed by atoms with Crippen molar-refractivity contribution in [2.24, 2.45) is 0 Å². The van der Waals surface area contributed by atoms with E-state index < -0.39 is 40.0 Å². The number of carbonyl (C=O) groups is 2. The van der Waals surface area contributed by atoms with Crippen LogP contribution in [0.4, 0.5) is 0 Å². The predicted octanol–water partition coefficient (Wildman–Crippen LogP) is 3.59. The van der Waals surface area contributed by atoms with Gasteiger partial charge in [-0.1, -0.05) is 57.2 Å². The highest BCUT2D eigenvalue weighted by atomic mass is 32.2. The van der Waals surface area contributed by atoms with Gasteiger partial charge in [0.1, 0.15) is 5.75 Å². The zero-order chi connectivity index (χ0) is 21.9. The molecule has 1 rings (SSSR count). The Balaban J connectivity index is 2.66. The summed E-state index contributed by atoms with van der Waals surface area (Å²) < 4.78 is 42.1. The Hall–Kier alpha value is -2.13. The van der Waals surface area contributed by atoms with Gasteiger partial charge in [-0.15, -0.1) is 0 Å². The van der Waals surface area contributed by atoms with E-state index in [1.807, 2.05) is 12.1 Å². The molecule has 0 spiro atoms. The summed E-state index contributed by atoms with van der Waals surface area (Å²) in [5.74, 6) is -2.43. The molecule has 0 aliphatic carbocycles. The second kappa shape index (κ2) is 12.4. The van der Waals surface area contributed by atoms with E-state index >= 15 is 0 Å². The van der Waals surface area contributed by atoms with Crippen molar-refractivity contribution >= 4 is 22.1 Å². The standard InChI is InChI=1S/C20H30O8S/c1-3-4-5-6-7-8-11-16-12-9-10-13-17(16)27-15(2)28-20(23)18(14-19(21)22)29(24,25)26/h9-10,12-13,15,18H,3-8,11,14H2,1-2H3,(H,21,22)(H,24,25,26). The van der Waals surface area contributed by atoms with Gasteiger partial charge in [0.25, 0.3) is 10.1 Å². The second-order valence-corrected chi connectivity index (χ2v) is 8.45. The quantitative estimate of drug-likeness (QED) is 0.198. The molecule has 29 heavy (non-hydrogen) atoms. The number of unbranched alkanes of at least 4 members (excludes halogenated alkanes) is 5. The minimum Gasteiger partial charge on any atom is -0.481 e. The normalized spacial score (nSPS) is 13.5. The van der Waals surface area contributed by atoms with Crippen LogP contribution in [-0.2, 0) is 30.9 Å². The fourth-order valence-corrected chi connectivity index (χ4v) is 3.48. The Bertz CT molecular complexity index is 759. The van der Waals surface area contributed by atoms with E-state index in [0.29, 0.717) is 5.75 Å². The Kier molecular flexibility index (Phi) is 10.7. The number of hydrogen-bond acceptors (Lipinski definition) is 6. The third-order valence-electron chi connectivity index (χ3n) is 4.33. The molecule has 0 aromatic heterocycles. The molecule has 1 aromatic carbocycles. The summed E-state index contributed by atoms with van der Waals surface area (Å²) in [6.07, 6.45) is 5.43. The van der Waals surface area contributed by atoms with Gasteiger partial charge in [-0.25, -0.2) is 0 Å². The van der Waals surface area contributed by atoms with Gasteiger partial charge in [-0.2, -0.15) is 8.42 Å². The molecule has 164 valence electrons. The lowest BCUT2D eigenvalue weighted by molar-refractivity contribution is -0.162. The number of para-hydroxylation sites is 1. The first-order valence-electron chi connectivity index (χ1n) is 9.78. The molecule has 2 N–H and O–H groups in total. The number of esters is 1. The Morgan fingerprint density at radius 2 is 1.69 bits per heavy atom. The maximum absolute atomic E-state index is 12.0. The molecule has 8 nitrogen and oxygen atoms in total. The van der Waals surface area contributed by atoms with Crippen LogP contribution in [0.3, 0.4) is 0 Å². The summed E-state index contributed by atoms with van der Waals surface area (Å²) in [7, 11) is -4.92. The molecular weight excluding hydrogens is 400 g/mol. The highest BCUT2D eigenvalue weighted by Crippen LogP contribution is 2.23. The highest BCUT2D eigenvalue weighted by molar-refractivity contribution is 7.87. The molecule has 0 fully saturated rings. The molecule has 0 amide bonds. The molecule has 2 unspecified atom stereocenters. The van der Waals surface area contributed by atoms with Crippen LogP contribution >= 0.6 is 0 Å². The van der Waals surface area contributed by atoms with Gasteiger partial charge in [0.2, 0.25) is 6.29 Å². The average molecular weight is 431 g/mol. The van der Waals surface area contributed by atoms with Crippen molar-refractivity contribution in [2.45, 2.75) is 76.8 Å². The van der Waals surface area contributed by atoms with Crippen LogP contribution in [0, 0.1) is 0 Å². The molecular formula is C20H30O8S. The highest BCUT2D eigenvalue weighted by Gasteiger charge is 2.36. The summed E-state index contributed by atoms with van der Waals surface area (Å²) in [5, 5.41) is 6.53. The van der Waals surface area contributed by atoms with E-state index in [0.717, 1.165) is 24.8 Å². The Morgan fingerprint density at radius 1 is 1.07 bits per heavy atom. The number of carboxylic acids is 1. The van der Waals surface area contributed by atoms with Crippen molar-refractivity contribution in [2.75, 3.05) is 0 Å². The monoisotopic (exact) mass is 430 g/mol. The zero-order valence-electron chi connectivity index (χ0n) is 16.9. The first-order chi connectivity index (χ1) is 13.6. The molecule has 0 saturated heterocycles. The van der Waals surface area contributed by atoms with E-state index in [2.05, 4.69) is 6.92 Å². The van der Waals surface area contributed by atoms with Gasteiger partial charge < -0.3 is 14.6 Å². The molecule has 0 radical (unpaired) electrons. The average Bonchev–Trinajstić information content (AvgIpc) is 2.62. The Labute approximate surface area is 172 Å². The van der Waals surface area contributed by atoms with Crippen molar-refractivity contribution in [1.82, 2.24) is 0 Å². The van der Waals surface area contributed by atoms with Gasteiger partial charge in [-0.05, 0) is 24.5 Å². The number of benzene rings is 1. The van der Waals surface area contributed by atoms with Gasteiger partial charge in [0.15, 0.2) is 5.25 Å². The maximum atomic E-state index is 12.0. The maximum Gasteiger partial charge on any atom is 0.330 e. The third kappa shape index (κ3) is 9.76. The van der Waals surface area contributed by atoms with Gasteiger partial charge in [-0.3, -0.25) is 14.1 Å². The van der Waals surface area contributed by atoms with Crippen molar-refractivity contribution in [3.8, 4) is 5.75 Å². The van der Waals surface area contributed by atoms with Gasteiger partial charge in [0.05, 0.1) is 6.42 Å². The molecule has 9 heteroatoms. The number of ether oxygens (including phenoxy) is 2. The van der Waals surface area contributed by atoms with Crippen molar-refractivity contribution in [1.29, 1.82) is 0 Å². The number of rotatable bonds is 14. The van der Waals surface area contributed by atoms with Gasteiger partial charge in [0, 0.05) is 6.92 Å². The van der Waals surface area contributed by atoms with Crippen molar-refractivity contribution in [3.63, 3.8) is 0 Å². The predicted molar refractivity (Wildman–Crippen MR) is 107 cm³/mol. The molecule has 0 aliphatic heterocycles. The van der Waals surface area contributed by atoms with Crippen LogP contribution in [-0.4, -0.2) is 41.6 Å². The zero-order valence-corrected chi connectivity index (χ0v) is 17.7. The summed E-state index contributed by atoms with van der Waals surface area (Å²) >= 11 is 0. The summed E-state index contributed by atoms with van der Waals surface area (Å²) in [6, 6.07) is 7.26. The molecule has 0 bridgehead atoms. The SMILES string of the molecule is CCCCCCCCc1ccccc1OC(C)OC(=O)C(CC(=O)O)S(=O)(=O)O.